The fourth-order valence-electron chi connectivity index (χ4n) is 1.50. The third-order valence-corrected chi connectivity index (χ3v) is 3.55. The molecule has 0 spiro atoms. The van der Waals surface area contributed by atoms with Crippen LogP contribution in [0.3, 0.4) is 0 Å². The average Bonchev–Trinajstić information content (AvgIpc) is 2.09. The predicted molar refractivity (Wildman–Crippen MR) is 62.6 cm³/mol. The Kier molecular flexibility index (Phi) is 3.32. The summed E-state index contributed by atoms with van der Waals surface area (Å²) in [5.41, 5.74) is 6.57. The van der Waals surface area contributed by atoms with Crippen molar-refractivity contribution in [2.75, 3.05) is 24.6 Å². The molecule has 1 aromatic carbocycles. The summed E-state index contributed by atoms with van der Waals surface area (Å²) >= 11 is 1.90. The van der Waals surface area contributed by atoms with Gasteiger partial charge < -0.3 is 11.1 Å². The molecule has 0 saturated carbocycles. The van der Waals surface area contributed by atoms with E-state index in [0.29, 0.717) is 0 Å². The number of thioether (sulfide) groups is 1. The van der Waals surface area contributed by atoms with Gasteiger partial charge in [0, 0.05) is 10.6 Å². The number of nitrogens with one attached hydrogen (secondary N) is 1. The van der Waals surface area contributed by atoms with Gasteiger partial charge in [0.2, 0.25) is 0 Å². The van der Waals surface area contributed by atoms with Gasteiger partial charge in [0.05, 0.1) is 0 Å². The molecule has 0 atom stereocenters. The van der Waals surface area contributed by atoms with Crippen LogP contribution in [0, 0.1) is 5.92 Å². The minimum Gasteiger partial charge on any atom is -0.399 e. The number of nitrogen functional groups attached to an aromatic ring is 1. The Hall–Kier alpha value is -0.670. The molecule has 0 aliphatic carbocycles. The van der Waals surface area contributed by atoms with E-state index >= 15 is 0 Å². The summed E-state index contributed by atoms with van der Waals surface area (Å²) in [5.74, 6) is 2.11. The first kappa shape index (κ1) is 9.87. The van der Waals surface area contributed by atoms with E-state index in [1.165, 1.54) is 30.2 Å². The zero-order valence-corrected chi connectivity index (χ0v) is 9.02. The van der Waals surface area contributed by atoms with Gasteiger partial charge in [-0.1, -0.05) is 6.07 Å². The summed E-state index contributed by atoms with van der Waals surface area (Å²) in [6.07, 6.45) is 1.31. The quantitative estimate of drug-likeness (QED) is 0.587. The highest BCUT2D eigenvalue weighted by molar-refractivity contribution is 7.99. The second-order valence-electron chi connectivity index (χ2n) is 3.73. The molecule has 0 amide bonds. The van der Waals surface area contributed by atoms with Gasteiger partial charge in [-0.25, -0.2) is 0 Å². The van der Waals surface area contributed by atoms with Gasteiger partial charge in [-0.15, -0.1) is 11.8 Å². The van der Waals surface area contributed by atoms with Crippen LogP contribution in [-0.4, -0.2) is 18.8 Å². The molecule has 1 saturated heterocycles. The van der Waals surface area contributed by atoms with E-state index in [-0.39, 0.29) is 0 Å². The van der Waals surface area contributed by atoms with Crippen molar-refractivity contribution in [3.05, 3.63) is 24.3 Å². The SMILES string of the molecule is Nc1cccc(SCCC2CNC2)c1. The lowest BCUT2D eigenvalue weighted by atomic mass is 10.0. The first-order chi connectivity index (χ1) is 6.84. The Morgan fingerprint density at radius 3 is 2.93 bits per heavy atom. The number of rotatable bonds is 4. The molecule has 0 bridgehead atoms. The molecule has 1 heterocycles. The average molecular weight is 208 g/mol. The molecular formula is C11H16N2S. The van der Waals surface area contributed by atoms with Gasteiger partial charge >= 0.3 is 0 Å². The van der Waals surface area contributed by atoms with E-state index in [2.05, 4.69) is 11.4 Å². The Morgan fingerprint density at radius 2 is 2.29 bits per heavy atom. The van der Waals surface area contributed by atoms with Crippen LogP contribution in [0.25, 0.3) is 0 Å². The predicted octanol–water partition coefficient (Wildman–Crippen LogP) is 1.97. The van der Waals surface area contributed by atoms with E-state index in [1.54, 1.807) is 0 Å². The number of benzene rings is 1. The van der Waals surface area contributed by atoms with Gasteiger partial charge in [-0.3, -0.25) is 0 Å². The molecule has 14 heavy (non-hydrogen) atoms. The molecule has 1 fully saturated rings. The Morgan fingerprint density at radius 1 is 1.43 bits per heavy atom. The molecule has 1 aliphatic heterocycles. The summed E-state index contributed by atoms with van der Waals surface area (Å²) < 4.78 is 0. The molecule has 2 nitrogen and oxygen atoms in total. The van der Waals surface area contributed by atoms with Gasteiger partial charge in [-0.2, -0.15) is 0 Å². The van der Waals surface area contributed by atoms with E-state index in [4.69, 9.17) is 5.73 Å². The van der Waals surface area contributed by atoms with E-state index < -0.39 is 0 Å². The van der Waals surface area contributed by atoms with Crippen LogP contribution >= 0.6 is 11.8 Å². The largest absolute Gasteiger partial charge is 0.399 e. The van der Waals surface area contributed by atoms with Crippen molar-refractivity contribution in [2.24, 2.45) is 5.92 Å². The summed E-state index contributed by atoms with van der Waals surface area (Å²) in [4.78, 5) is 1.29. The van der Waals surface area contributed by atoms with Crippen LogP contribution in [0.15, 0.2) is 29.2 Å². The third kappa shape index (κ3) is 2.66. The van der Waals surface area contributed by atoms with Crippen LogP contribution in [0.2, 0.25) is 0 Å². The highest BCUT2D eigenvalue weighted by Gasteiger charge is 2.15. The number of hydrogen-bond acceptors (Lipinski definition) is 3. The summed E-state index contributed by atoms with van der Waals surface area (Å²) in [5, 5.41) is 3.29. The first-order valence-corrected chi connectivity index (χ1v) is 6.02. The van der Waals surface area contributed by atoms with Crippen LogP contribution in [-0.2, 0) is 0 Å². The van der Waals surface area contributed by atoms with Crippen molar-refractivity contribution < 1.29 is 0 Å². The van der Waals surface area contributed by atoms with Gasteiger partial charge in [0.25, 0.3) is 0 Å². The molecule has 0 radical (unpaired) electrons. The summed E-state index contributed by atoms with van der Waals surface area (Å²) in [7, 11) is 0. The second-order valence-corrected chi connectivity index (χ2v) is 4.90. The lowest BCUT2D eigenvalue weighted by Crippen LogP contribution is -2.42. The normalized spacial score (nSPS) is 16.6. The molecule has 1 aromatic rings. The highest BCUT2D eigenvalue weighted by atomic mass is 32.2. The molecule has 3 heteroatoms. The fourth-order valence-corrected chi connectivity index (χ4v) is 2.58. The zero-order chi connectivity index (χ0) is 9.80. The first-order valence-electron chi connectivity index (χ1n) is 5.03. The maximum absolute atomic E-state index is 5.70. The maximum atomic E-state index is 5.70. The zero-order valence-electron chi connectivity index (χ0n) is 8.20. The monoisotopic (exact) mass is 208 g/mol. The van der Waals surface area contributed by atoms with E-state index in [1.807, 2.05) is 30.0 Å². The van der Waals surface area contributed by atoms with Crippen molar-refractivity contribution in [1.29, 1.82) is 0 Å². The smallest absolute Gasteiger partial charge is 0.0325 e. The summed E-state index contributed by atoms with van der Waals surface area (Å²) in [6.45, 7) is 2.41. The summed E-state index contributed by atoms with van der Waals surface area (Å²) in [6, 6.07) is 8.12. The van der Waals surface area contributed by atoms with Gasteiger partial charge in [0.1, 0.15) is 0 Å². The topological polar surface area (TPSA) is 38.0 Å². The lowest BCUT2D eigenvalue weighted by molar-refractivity contribution is 0.341. The third-order valence-electron chi connectivity index (χ3n) is 2.52. The van der Waals surface area contributed by atoms with Crippen LogP contribution in [0.5, 0.6) is 0 Å². The van der Waals surface area contributed by atoms with Crippen molar-refractivity contribution in [1.82, 2.24) is 5.32 Å². The Balaban J connectivity index is 1.74. The number of anilines is 1. The fraction of sp³-hybridized carbons (Fsp3) is 0.455. The molecule has 0 aromatic heterocycles. The van der Waals surface area contributed by atoms with Crippen molar-refractivity contribution in [2.45, 2.75) is 11.3 Å². The van der Waals surface area contributed by atoms with E-state index in [9.17, 15) is 0 Å². The highest BCUT2D eigenvalue weighted by Crippen LogP contribution is 2.23. The molecule has 2 rings (SSSR count). The Bertz CT molecular complexity index is 297. The Labute approximate surface area is 89.3 Å². The molecule has 0 unspecified atom stereocenters. The van der Waals surface area contributed by atoms with Crippen LogP contribution < -0.4 is 11.1 Å². The maximum Gasteiger partial charge on any atom is 0.0325 e. The molecule has 76 valence electrons. The van der Waals surface area contributed by atoms with Crippen LogP contribution in [0.1, 0.15) is 6.42 Å². The standard InChI is InChI=1S/C11H16N2S/c12-10-2-1-3-11(6-10)14-5-4-9-7-13-8-9/h1-3,6,9,13H,4-5,7-8,12H2. The minimum atomic E-state index is 0.861. The van der Waals surface area contributed by atoms with Crippen molar-refractivity contribution >= 4 is 17.4 Å². The second kappa shape index (κ2) is 4.71. The molecule has 1 aliphatic rings. The van der Waals surface area contributed by atoms with Crippen molar-refractivity contribution in [3.8, 4) is 0 Å². The number of hydrogen-bond donors (Lipinski definition) is 2. The van der Waals surface area contributed by atoms with Gasteiger partial charge in [-0.05, 0) is 49.4 Å². The van der Waals surface area contributed by atoms with E-state index in [0.717, 1.165) is 11.6 Å². The van der Waals surface area contributed by atoms with Crippen LogP contribution in [0.4, 0.5) is 5.69 Å². The van der Waals surface area contributed by atoms with Crippen molar-refractivity contribution in [3.63, 3.8) is 0 Å². The van der Waals surface area contributed by atoms with Gasteiger partial charge in [0.15, 0.2) is 0 Å². The number of nitrogens with two attached hydrogens (primary N) is 1. The minimum absolute atomic E-state index is 0.861. The molecule has 3 N–H and O–H groups in total. The lowest BCUT2D eigenvalue weighted by Gasteiger charge is -2.26. The molecular weight excluding hydrogens is 192 g/mol.